The van der Waals surface area contributed by atoms with Crippen LogP contribution in [0.2, 0.25) is 0 Å². The molecular formula is C10H22O4. The van der Waals surface area contributed by atoms with Crippen LogP contribution >= 0.6 is 0 Å². The second-order valence-corrected chi connectivity index (χ2v) is 3.78. The minimum atomic E-state index is -1.59. The van der Waals surface area contributed by atoms with E-state index in [1.807, 2.05) is 6.92 Å². The Labute approximate surface area is 85.5 Å². The van der Waals surface area contributed by atoms with Crippen molar-refractivity contribution in [2.24, 2.45) is 0 Å². The topological polar surface area (TPSA) is 69.9 Å². The average Bonchev–Trinajstić information content (AvgIpc) is 2.14. The van der Waals surface area contributed by atoms with Crippen molar-refractivity contribution >= 4 is 0 Å². The van der Waals surface area contributed by atoms with E-state index in [2.05, 4.69) is 0 Å². The molecule has 0 aliphatic heterocycles. The smallest absolute Gasteiger partial charge is 0.189 e. The highest BCUT2D eigenvalue weighted by atomic mass is 16.6. The first-order valence-corrected chi connectivity index (χ1v) is 5.11. The zero-order chi connectivity index (χ0) is 11.4. The van der Waals surface area contributed by atoms with Gasteiger partial charge in [-0.3, -0.25) is 0 Å². The second kappa shape index (κ2) is 5.66. The van der Waals surface area contributed by atoms with E-state index in [9.17, 15) is 15.3 Å². The molecule has 0 aromatic rings. The molecule has 4 nitrogen and oxygen atoms in total. The molecule has 0 bridgehead atoms. The molecule has 14 heavy (non-hydrogen) atoms. The summed E-state index contributed by atoms with van der Waals surface area (Å²) in [5.41, 5.74) is 0. The molecule has 0 aromatic heterocycles. The summed E-state index contributed by atoms with van der Waals surface area (Å²) >= 11 is 0. The van der Waals surface area contributed by atoms with E-state index in [0.717, 1.165) is 0 Å². The number of aliphatic hydroxyl groups is 3. The zero-order valence-corrected chi connectivity index (χ0v) is 9.40. The van der Waals surface area contributed by atoms with E-state index in [-0.39, 0.29) is 0 Å². The highest BCUT2D eigenvalue weighted by molar-refractivity contribution is 4.74. The van der Waals surface area contributed by atoms with E-state index in [1.165, 1.54) is 6.92 Å². The molecule has 3 N–H and O–H groups in total. The molecular weight excluding hydrogens is 184 g/mol. The maximum Gasteiger partial charge on any atom is 0.189 e. The predicted octanol–water partition coefficient (Wildman–Crippen LogP) is 0.642. The van der Waals surface area contributed by atoms with Crippen LogP contribution in [-0.2, 0) is 4.74 Å². The van der Waals surface area contributed by atoms with Gasteiger partial charge in [-0.05, 0) is 26.7 Å². The van der Waals surface area contributed by atoms with Crippen molar-refractivity contribution in [1.29, 1.82) is 0 Å². The van der Waals surface area contributed by atoms with Gasteiger partial charge in [0.15, 0.2) is 5.79 Å². The molecule has 0 aromatic carbocycles. The third-order valence-corrected chi connectivity index (χ3v) is 2.39. The van der Waals surface area contributed by atoms with Crippen LogP contribution in [0, 0.1) is 0 Å². The Balaban J connectivity index is 4.20. The first kappa shape index (κ1) is 13.8. The lowest BCUT2D eigenvalue weighted by Gasteiger charge is -2.33. The Morgan fingerprint density at radius 1 is 1.21 bits per heavy atom. The zero-order valence-electron chi connectivity index (χ0n) is 9.40. The van der Waals surface area contributed by atoms with Crippen molar-refractivity contribution in [2.45, 2.75) is 64.6 Å². The highest BCUT2D eigenvalue weighted by Crippen LogP contribution is 2.19. The van der Waals surface area contributed by atoms with Crippen LogP contribution in [0.1, 0.15) is 40.5 Å². The summed E-state index contributed by atoms with van der Waals surface area (Å²) in [5.74, 6) is -1.59. The lowest BCUT2D eigenvalue weighted by Crippen LogP contribution is -2.46. The molecule has 0 heterocycles. The maximum atomic E-state index is 9.71. The number of aliphatic hydroxyl groups excluding tert-OH is 2. The van der Waals surface area contributed by atoms with Gasteiger partial charge in [0, 0.05) is 0 Å². The lowest BCUT2D eigenvalue weighted by molar-refractivity contribution is -0.275. The van der Waals surface area contributed by atoms with Gasteiger partial charge >= 0.3 is 0 Å². The molecule has 86 valence electrons. The van der Waals surface area contributed by atoms with Crippen LogP contribution in [0.5, 0.6) is 0 Å². The fourth-order valence-electron chi connectivity index (χ4n) is 1.24. The largest absolute Gasteiger partial charge is 0.390 e. The van der Waals surface area contributed by atoms with Gasteiger partial charge in [-0.2, -0.15) is 0 Å². The van der Waals surface area contributed by atoms with Crippen molar-refractivity contribution in [1.82, 2.24) is 0 Å². The first-order chi connectivity index (χ1) is 6.35. The van der Waals surface area contributed by atoms with Crippen LogP contribution in [0.3, 0.4) is 0 Å². The molecule has 0 fully saturated rings. The van der Waals surface area contributed by atoms with Gasteiger partial charge in [0.05, 0.1) is 12.2 Å². The Kier molecular flexibility index (Phi) is 5.59. The molecule has 0 radical (unpaired) electrons. The van der Waals surface area contributed by atoms with E-state index in [0.29, 0.717) is 12.8 Å². The van der Waals surface area contributed by atoms with Crippen molar-refractivity contribution in [3.05, 3.63) is 0 Å². The third kappa shape index (κ3) is 3.92. The molecule has 4 atom stereocenters. The average molecular weight is 206 g/mol. The molecule has 0 rings (SSSR count). The molecule has 4 heteroatoms. The minimum Gasteiger partial charge on any atom is -0.390 e. The monoisotopic (exact) mass is 206 g/mol. The van der Waals surface area contributed by atoms with Crippen molar-refractivity contribution in [3.8, 4) is 0 Å². The summed E-state index contributed by atoms with van der Waals surface area (Å²) in [5, 5.41) is 28.6. The summed E-state index contributed by atoms with van der Waals surface area (Å²) in [7, 11) is 0. The van der Waals surface area contributed by atoms with Crippen LogP contribution in [0.15, 0.2) is 0 Å². The highest BCUT2D eigenvalue weighted by Gasteiger charge is 2.33. The fraction of sp³-hybridized carbons (Fsp3) is 1.00. The van der Waals surface area contributed by atoms with Gasteiger partial charge in [0.25, 0.3) is 0 Å². The summed E-state index contributed by atoms with van der Waals surface area (Å²) < 4.78 is 5.20. The number of ether oxygens (including phenoxy) is 1. The van der Waals surface area contributed by atoms with E-state index in [4.69, 9.17) is 4.74 Å². The van der Waals surface area contributed by atoms with Gasteiger partial charge in [-0.15, -0.1) is 0 Å². The van der Waals surface area contributed by atoms with Crippen molar-refractivity contribution in [2.75, 3.05) is 0 Å². The first-order valence-electron chi connectivity index (χ1n) is 5.11. The Morgan fingerprint density at radius 2 is 1.71 bits per heavy atom. The quantitative estimate of drug-likeness (QED) is 0.558. The van der Waals surface area contributed by atoms with E-state index < -0.39 is 24.1 Å². The molecule has 0 aliphatic rings. The molecule has 0 amide bonds. The normalized spacial score (nSPS) is 22.5. The van der Waals surface area contributed by atoms with Crippen LogP contribution < -0.4 is 0 Å². The van der Waals surface area contributed by atoms with Gasteiger partial charge in [-0.1, -0.05) is 13.8 Å². The number of rotatable bonds is 6. The fourth-order valence-corrected chi connectivity index (χ4v) is 1.24. The van der Waals surface area contributed by atoms with Gasteiger partial charge in [-0.25, -0.2) is 0 Å². The van der Waals surface area contributed by atoms with Crippen LogP contribution in [-0.4, -0.2) is 39.4 Å². The minimum absolute atomic E-state index is 0.405. The van der Waals surface area contributed by atoms with E-state index >= 15 is 0 Å². The molecule has 0 aliphatic carbocycles. The third-order valence-electron chi connectivity index (χ3n) is 2.39. The molecule has 0 saturated heterocycles. The summed E-state index contributed by atoms with van der Waals surface area (Å²) in [6, 6.07) is 0. The Morgan fingerprint density at radius 3 is 2.07 bits per heavy atom. The van der Waals surface area contributed by atoms with Crippen LogP contribution in [0.4, 0.5) is 0 Å². The number of hydrogen-bond donors (Lipinski definition) is 3. The van der Waals surface area contributed by atoms with Crippen molar-refractivity contribution in [3.63, 3.8) is 0 Å². The maximum absolute atomic E-state index is 9.71. The Hall–Kier alpha value is -0.160. The summed E-state index contributed by atoms with van der Waals surface area (Å²) in [6.07, 6.45) is -1.09. The Bertz CT molecular complexity index is 158. The predicted molar refractivity (Wildman–Crippen MR) is 53.8 cm³/mol. The van der Waals surface area contributed by atoms with Crippen LogP contribution in [0.25, 0.3) is 0 Å². The summed E-state index contributed by atoms with van der Waals surface area (Å²) in [6.45, 7) is 6.66. The molecule has 0 spiro atoms. The van der Waals surface area contributed by atoms with Crippen molar-refractivity contribution < 1.29 is 20.1 Å². The number of hydrogen-bond acceptors (Lipinski definition) is 4. The summed E-state index contributed by atoms with van der Waals surface area (Å²) in [4.78, 5) is 0. The standard InChI is InChI=1S/C10H22O4/c1-5-8(11)7(3)14-10(4,13)9(12)6-2/h7-9,11-13H,5-6H2,1-4H3. The second-order valence-electron chi connectivity index (χ2n) is 3.78. The molecule has 4 unspecified atom stereocenters. The lowest BCUT2D eigenvalue weighted by atomic mass is 10.1. The van der Waals surface area contributed by atoms with Gasteiger partial charge in [0.2, 0.25) is 0 Å². The molecule has 0 saturated carbocycles. The van der Waals surface area contributed by atoms with E-state index in [1.54, 1.807) is 13.8 Å². The van der Waals surface area contributed by atoms with Gasteiger partial charge < -0.3 is 20.1 Å². The van der Waals surface area contributed by atoms with Gasteiger partial charge in [0.1, 0.15) is 6.10 Å². The SMILES string of the molecule is CCC(O)C(C)OC(C)(O)C(O)CC.